The molecule has 17 heavy (non-hydrogen) atoms. The van der Waals surface area contributed by atoms with E-state index in [4.69, 9.17) is 4.74 Å². The van der Waals surface area contributed by atoms with Crippen molar-refractivity contribution in [3.63, 3.8) is 0 Å². The van der Waals surface area contributed by atoms with Crippen molar-refractivity contribution in [1.29, 1.82) is 0 Å². The van der Waals surface area contributed by atoms with Gasteiger partial charge in [0.25, 0.3) is 0 Å². The monoisotopic (exact) mass is 239 g/mol. The number of carbonyl (C=O) groups is 1. The van der Waals surface area contributed by atoms with Gasteiger partial charge >= 0.3 is 0 Å². The SMILES string of the molecule is O=C(CCCC1CCOCC1)C1CCNCC1. The minimum Gasteiger partial charge on any atom is -0.381 e. The average molecular weight is 239 g/mol. The lowest BCUT2D eigenvalue weighted by Crippen LogP contribution is -2.31. The van der Waals surface area contributed by atoms with E-state index >= 15 is 0 Å². The zero-order valence-corrected chi connectivity index (χ0v) is 10.7. The van der Waals surface area contributed by atoms with Crippen molar-refractivity contribution < 1.29 is 9.53 Å². The predicted molar refractivity (Wildman–Crippen MR) is 68.0 cm³/mol. The number of piperidine rings is 1. The van der Waals surface area contributed by atoms with E-state index < -0.39 is 0 Å². The van der Waals surface area contributed by atoms with E-state index in [1.807, 2.05) is 0 Å². The summed E-state index contributed by atoms with van der Waals surface area (Å²) in [5, 5.41) is 3.31. The molecular weight excluding hydrogens is 214 g/mol. The van der Waals surface area contributed by atoms with E-state index in [9.17, 15) is 4.79 Å². The number of ketones is 1. The Labute approximate surface area is 104 Å². The van der Waals surface area contributed by atoms with Gasteiger partial charge in [-0.2, -0.15) is 0 Å². The maximum Gasteiger partial charge on any atom is 0.136 e. The molecule has 3 nitrogen and oxygen atoms in total. The Morgan fingerprint density at radius 3 is 2.53 bits per heavy atom. The fraction of sp³-hybridized carbons (Fsp3) is 0.929. The van der Waals surface area contributed by atoms with Crippen molar-refractivity contribution in [2.45, 2.75) is 44.9 Å². The van der Waals surface area contributed by atoms with Crippen LogP contribution in [0.25, 0.3) is 0 Å². The number of Topliss-reactive ketones (excluding diaryl/α,β-unsaturated/α-hetero) is 1. The second-order valence-electron chi connectivity index (χ2n) is 5.44. The lowest BCUT2D eigenvalue weighted by Gasteiger charge is -2.23. The summed E-state index contributed by atoms with van der Waals surface area (Å²) in [6.07, 6.45) is 7.62. The Kier molecular flexibility index (Phi) is 5.46. The molecule has 0 unspecified atom stereocenters. The molecule has 2 rings (SSSR count). The van der Waals surface area contributed by atoms with Crippen molar-refractivity contribution in [2.24, 2.45) is 11.8 Å². The van der Waals surface area contributed by atoms with Crippen molar-refractivity contribution in [2.75, 3.05) is 26.3 Å². The van der Waals surface area contributed by atoms with E-state index in [2.05, 4.69) is 5.32 Å². The fourth-order valence-corrected chi connectivity index (χ4v) is 2.95. The van der Waals surface area contributed by atoms with Crippen molar-refractivity contribution in [3.05, 3.63) is 0 Å². The predicted octanol–water partition coefficient (Wildman–Crippen LogP) is 2.15. The van der Waals surface area contributed by atoms with E-state index in [0.717, 1.165) is 57.9 Å². The van der Waals surface area contributed by atoms with Crippen LogP contribution in [0, 0.1) is 11.8 Å². The van der Waals surface area contributed by atoms with Crippen molar-refractivity contribution >= 4 is 5.78 Å². The molecule has 0 aromatic carbocycles. The topological polar surface area (TPSA) is 38.3 Å². The minimum absolute atomic E-state index is 0.353. The Balaban J connectivity index is 1.58. The molecule has 2 heterocycles. The van der Waals surface area contributed by atoms with Crippen LogP contribution in [0.15, 0.2) is 0 Å². The Morgan fingerprint density at radius 1 is 1.12 bits per heavy atom. The first-order valence-electron chi connectivity index (χ1n) is 7.17. The quantitative estimate of drug-likeness (QED) is 0.799. The number of nitrogens with one attached hydrogen (secondary N) is 1. The van der Waals surface area contributed by atoms with Crippen LogP contribution >= 0.6 is 0 Å². The third-order valence-corrected chi connectivity index (χ3v) is 4.17. The molecule has 3 heteroatoms. The van der Waals surface area contributed by atoms with Gasteiger partial charge in [-0.25, -0.2) is 0 Å². The summed E-state index contributed by atoms with van der Waals surface area (Å²) in [5.74, 6) is 1.68. The van der Waals surface area contributed by atoms with E-state index in [0.29, 0.717) is 11.7 Å². The number of hydrogen-bond acceptors (Lipinski definition) is 3. The lowest BCUT2D eigenvalue weighted by atomic mass is 9.88. The Hall–Kier alpha value is -0.410. The highest BCUT2D eigenvalue weighted by molar-refractivity contribution is 5.81. The number of rotatable bonds is 5. The van der Waals surface area contributed by atoms with Crippen molar-refractivity contribution in [1.82, 2.24) is 5.32 Å². The highest BCUT2D eigenvalue weighted by Crippen LogP contribution is 2.22. The Morgan fingerprint density at radius 2 is 1.82 bits per heavy atom. The number of carbonyl (C=O) groups excluding carboxylic acids is 1. The van der Waals surface area contributed by atoms with Gasteiger partial charge in [-0.05, 0) is 57.5 Å². The van der Waals surface area contributed by atoms with Crippen LogP contribution in [0.1, 0.15) is 44.9 Å². The van der Waals surface area contributed by atoms with E-state index in [1.54, 1.807) is 0 Å². The zero-order valence-electron chi connectivity index (χ0n) is 10.7. The van der Waals surface area contributed by atoms with Crippen LogP contribution in [0.5, 0.6) is 0 Å². The molecule has 1 N–H and O–H groups in total. The summed E-state index contributed by atoms with van der Waals surface area (Å²) in [6.45, 7) is 3.90. The second-order valence-corrected chi connectivity index (χ2v) is 5.44. The maximum absolute atomic E-state index is 12.0. The van der Waals surface area contributed by atoms with Crippen LogP contribution in [-0.2, 0) is 9.53 Å². The number of hydrogen-bond donors (Lipinski definition) is 1. The van der Waals surface area contributed by atoms with Gasteiger partial charge in [-0.3, -0.25) is 4.79 Å². The highest BCUT2D eigenvalue weighted by Gasteiger charge is 2.21. The molecule has 2 saturated heterocycles. The molecule has 0 radical (unpaired) electrons. The van der Waals surface area contributed by atoms with Crippen LogP contribution in [-0.4, -0.2) is 32.1 Å². The first kappa shape index (κ1) is 13.0. The summed E-state index contributed by atoms with van der Waals surface area (Å²) < 4.78 is 5.35. The van der Waals surface area contributed by atoms with Gasteiger partial charge in [-0.15, -0.1) is 0 Å². The summed E-state index contributed by atoms with van der Waals surface area (Å²) in [6, 6.07) is 0. The normalized spacial score (nSPS) is 23.8. The van der Waals surface area contributed by atoms with E-state index in [-0.39, 0.29) is 0 Å². The first-order valence-corrected chi connectivity index (χ1v) is 7.17. The van der Waals surface area contributed by atoms with E-state index in [1.165, 1.54) is 19.3 Å². The molecule has 0 spiro atoms. The minimum atomic E-state index is 0.353. The van der Waals surface area contributed by atoms with Gasteiger partial charge in [0.15, 0.2) is 0 Å². The molecular formula is C14H25NO2. The molecule has 0 aliphatic carbocycles. The third kappa shape index (κ3) is 4.40. The molecule has 2 aliphatic rings. The summed E-state index contributed by atoms with van der Waals surface area (Å²) >= 11 is 0. The fourth-order valence-electron chi connectivity index (χ4n) is 2.95. The molecule has 0 amide bonds. The average Bonchev–Trinajstić information content (AvgIpc) is 2.41. The second kappa shape index (κ2) is 7.12. The van der Waals surface area contributed by atoms with Crippen LogP contribution in [0.2, 0.25) is 0 Å². The van der Waals surface area contributed by atoms with Gasteiger partial charge in [0.05, 0.1) is 0 Å². The first-order chi connectivity index (χ1) is 8.36. The molecule has 0 atom stereocenters. The summed E-state index contributed by atoms with van der Waals surface area (Å²) in [7, 11) is 0. The van der Waals surface area contributed by atoms with Gasteiger partial charge in [0, 0.05) is 25.6 Å². The third-order valence-electron chi connectivity index (χ3n) is 4.17. The largest absolute Gasteiger partial charge is 0.381 e. The molecule has 2 fully saturated rings. The molecule has 98 valence electrons. The number of ether oxygens (including phenoxy) is 1. The van der Waals surface area contributed by atoms with Gasteiger partial charge in [0.1, 0.15) is 5.78 Å². The highest BCUT2D eigenvalue weighted by atomic mass is 16.5. The Bertz CT molecular complexity index is 230. The smallest absolute Gasteiger partial charge is 0.136 e. The molecule has 2 aliphatic heterocycles. The molecule has 0 bridgehead atoms. The zero-order chi connectivity index (χ0) is 11.9. The molecule has 0 saturated carbocycles. The molecule has 0 aromatic rings. The standard InChI is InChI=1S/C14H25NO2/c16-14(13-4-8-15-9-5-13)3-1-2-12-6-10-17-11-7-12/h12-13,15H,1-11H2. The lowest BCUT2D eigenvalue weighted by molar-refractivity contribution is -0.123. The molecule has 0 aromatic heterocycles. The van der Waals surface area contributed by atoms with Crippen LogP contribution in [0.4, 0.5) is 0 Å². The van der Waals surface area contributed by atoms with Gasteiger partial charge < -0.3 is 10.1 Å². The van der Waals surface area contributed by atoms with Crippen LogP contribution < -0.4 is 5.32 Å². The summed E-state index contributed by atoms with van der Waals surface area (Å²) in [5.41, 5.74) is 0. The van der Waals surface area contributed by atoms with Crippen molar-refractivity contribution in [3.8, 4) is 0 Å². The maximum atomic E-state index is 12.0. The van der Waals surface area contributed by atoms with Gasteiger partial charge in [0.2, 0.25) is 0 Å². The van der Waals surface area contributed by atoms with Crippen LogP contribution in [0.3, 0.4) is 0 Å². The summed E-state index contributed by atoms with van der Waals surface area (Å²) in [4.78, 5) is 12.0. The van der Waals surface area contributed by atoms with Gasteiger partial charge in [-0.1, -0.05) is 0 Å².